The second kappa shape index (κ2) is 6.27. The monoisotopic (exact) mass is 277 g/mol. The highest BCUT2D eigenvalue weighted by molar-refractivity contribution is 4.95. The summed E-state index contributed by atoms with van der Waals surface area (Å²) < 4.78 is 8.10. The molecule has 1 aliphatic heterocycles. The molecule has 2 fully saturated rings. The molecule has 1 unspecified atom stereocenters. The lowest BCUT2D eigenvalue weighted by molar-refractivity contribution is 0.0769. The molecule has 0 spiro atoms. The molecule has 4 nitrogen and oxygen atoms in total. The summed E-state index contributed by atoms with van der Waals surface area (Å²) >= 11 is 0. The van der Waals surface area contributed by atoms with E-state index in [9.17, 15) is 0 Å². The summed E-state index contributed by atoms with van der Waals surface area (Å²) in [5.41, 5.74) is 0. The number of rotatable bonds is 4. The van der Waals surface area contributed by atoms with Crippen LogP contribution in [0.3, 0.4) is 0 Å². The summed E-state index contributed by atoms with van der Waals surface area (Å²) in [5.74, 6) is 2.82. The minimum absolute atomic E-state index is 0.484. The Morgan fingerprint density at radius 1 is 1.35 bits per heavy atom. The first-order chi connectivity index (χ1) is 9.74. The number of hydrogen-bond donors (Lipinski definition) is 0. The highest BCUT2D eigenvalue weighted by Crippen LogP contribution is 2.34. The van der Waals surface area contributed by atoms with E-state index >= 15 is 0 Å². The molecule has 2 heterocycles. The van der Waals surface area contributed by atoms with Gasteiger partial charge in [-0.1, -0.05) is 19.3 Å². The van der Waals surface area contributed by atoms with Crippen LogP contribution in [0.4, 0.5) is 0 Å². The molecule has 1 saturated carbocycles. The largest absolute Gasteiger partial charge is 0.380 e. The van der Waals surface area contributed by atoms with Crippen LogP contribution < -0.4 is 0 Å². The van der Waals surface area contributed by atoms with Gasteiger partial charge in [-0.3, -0.25) is 4.90 Å². The molecule has 20 heavy (non-hydrogen) atoms. The summed E-state index contributed by atoms with van der Waals surface area (Å²) in [6, 6.07) is 0.484. The van der Waals surface area contributed by atoms with Gasteiger partial charge in [0.15, 0.2) is 0 Å². The van der Waals surface area contributed by atoms with E-state index in [2.05, 4.69) is 34.5 Å². The van der Waals surface area contributed by atoms with Gasteiger partial charge in [-0.15, -0.1) is 0 Å². The standard InChI is InChI=1S/C16H27N3O/c1-13(2)19-7-6-17-16(19)11-18-8-9-20-12-15(10-18)14-4-3-5-14/h6-7,13-15H,3-5,8-12H2,1-2H3. The lowest BCUT2D eigenvalue weighted by atomic mass is 9.76. The Hall–Kier alpha value is -0.870. The lowest BCUT2D eigenvalue weighted by Gasteiger charge is -2.34. The van der Waals surface area contributed by atoms with Crippen LogP contribution in [0.5, 0.6) is 0 Å². The maximum Gasteiger partial charge on any atom is 0.123 e. The third-order valence-electron chi connectivity index (χ3n) is 4.86. The van der Waals surface area contributed by atoms with E-state index in [1.807, 2.05) is 6.20 Å². The van der Waals surface area contributed by atoms with Gasteiger partial charge in [0.05, 0.1) is 19.8 Å². The number of aromatic nitrogens is 2. The Bertz CT molecular complexity index is 425. The average molecular weight is 277 g/mol. The Kier molecular flexibility index (Phi) is 4.41. The molecule has 0 amide bonds. The molecular formula is C16H27N3O. The zero-order valence-corrected chi connectivity index (χ0v) is 12.8. The van der Waals surface area contributed by atoms with Gasteiger partial charge >= 0.3 is 0 Å². The van der Waals surface area contributed by atoms with Crippen molar-refractivity contribution in [3.8, 4) is 0 Å². The summed E-state index contributed by atoms with van der Waals surface area (Å²) in [5, 5.41) is 0. The number of hydrogen-bond acceptors (Lipinski definition) is 3. The van der Waals surface area contributed by atoms with Crippen LogP contribution in [0.1, 0.15) is 45.0 Å². The molecule has 2 aliphatic rings. The molecule has 4 heteroatoms. The number of imidazole rings is 1. The molecule has 0 N–H and O–H groups in total. The van der Waals surface area contributed by atoms with Gasteiger partial charge in [-0.05, 0) is 25.7 Å². The van der Waals surface area contributed by atoms with Crippen molar-refractivity contribution in [2.45, 2.75) is 45.7 Å². The highest BCUT2D eigenvalue weighted by Gasteiger charge is 2.30. The Balaban J connectivity index is 1.64. The van der Waals surface area contributed by atoms with Gasteiger partial charge in [0.2, 0.25) is 0 Å². The van der Waals surface area contributed by atoms with Gasteiger partial charge in [0.1, 0.15) is 5.82 Å². The van der Waals surface area contributed by atoms with Crippen LogP contribution >= 0.6 is 0 Å². The second-order valence-corrected chi connectivity index (χ2v) is 6.61. The van der Waals surface area contributed by atoms with Crippen molar-refractivity contribution in [2.24, 2.45) is 11.8 Å². The van der Waals surface area contributed by atoms with E-state index in [4.69, 9.17) is 4.74 Å². The Labute approximate surface area is 122 Å². The van der Waals surface area contributed by atoms with E-state index in [1.165, 1.54) is 31.6 Å². The van der Waals surface area contributed by atoms with E-state index in [1.54, 1.807) is 0 Å². The normalized spacial score (nSPS) is 25.6. The number of ether oxygens (including phenoxy) is 1. The summed E-state index contributed by atoms with van der Waals surface area (Å²) in [4.78, 5) is 7.09. The van der Waals surface area contributed by atoms with Gasteiger partial charge in [-0.2, -0.15) is 0 Å². The molecule has 3 rings (SSSR count). The van der Waals surface area contributed by atoms with Crippen LogP contribution in [-0.4, -0.2) is 40.8 Å². The van der Waals surface area contributed by atoms with Gasteiger partial charge in [0.25, 0.3) is 0 Å². The van der Waals surface area contributed by atoms with Crippen LogP contribution in [0, 0.1) is 11.8 Å². The minimum Gasteiger partial charge on any atom is -0.380 e. The smallest absolute Gasteiger partial charge is 0.123 e. The zero-order valence-electron chi connectivity index (χ0n) is 12.8. The van der Waals surface area contributed by atoms with Gasteiger partial charge in [0, 0.05) is 31.5 Å². The predicted molar refractivity (Wildman–Crippen MR) is 79.5 cm³/mol. The molecule has 0 bridgehead atoms. The van der Waals surface area contributed by atoms with Crippen molar-refractivity contribution in [2.75, 3.05) is 26.3 Å². The van der Waals surface area contributed by atoms with Crippen LogP contribution in [0.25, 0.3) is 0 Å². The molecule has 0 aromatic carbocycles. The van der Waals surface area contributed by atoms with Crippen molar-refractivity contribution in [1.29, 1.82) is 0 Å². The topological polar surface area (TPSA) is 30.3 Å². The fraction of sp³-hybridized carbons (Fsp3) is 0.812. The van der Waals surface area contributed by atoms with Crippen molar-refractivity contribution >= 4 is 0 Å². The highest BCUT2D eigenvalue weighted by atomic mass is 16.5. The van der Waals surface area contributed by atoms with E-state index in [0.29, 0.717) is 6.04 Å². The first-order valence-corrected chi connectivity index (χ1v) is 8.06. The quantitative estimate of drug-likeness (QED) is 0.847. The molecule has 1 aromatic rings. The first kappa shape index (κ1) is 14.1. The average Bonchev–Trinajstić information content (AvgIpc) is 2.68. The minimum atomic E-state index is 0.484. The fourth-order valence-electron chi connectivity index (χ4n) is 3.38. The molecule has 1 saturated heterocycles. The Morgan fingerprint density at radius 3 is 2.90 bits per heavy atom. The molecule has 0 radical (unpaired) electrons. The third kappa shape index (κ3) is 3.07. The van der Waals surface area contributed by atoms with Gasteiger partial charge in [-0.25, -0.2) is 4.98 Å². The van der Waals surface area contributed by atoms with E-state index in [-0.39, 0.29) is 0 Å². The van der Waals surface area contributed by atoms with Crippen molar-refractivity contribution < 1.29 is 4.74 Å². The summed E-state index contributed by atoms with van der Waals surface area (Å²) in [6.45, 7) is 9.43. The fourth-order valence-corrected chi connectivity index (χ4v) is 3.38. The lowest BCUT2D eigenvalue weighted by Crippen LogP contribution is -2.35. The first-order valence-electron chi connectivity index (χ1n) is 8.06. The van der Waals surface area contributed by atoms with Crippen LogP contribution in [-0.2, 0) is 11.3 Å². The van der Waals surface area contributed by atoms with Crippen molar-refractivity contribution in [1.82, 2.24) is 14.5 Å². The predicted octanol–water partition coefficient (Wildman–Crippen LogP) is 2.71. The Morgan fingerprint density at radius 2 is 2.20 bits per heavy atom. The van der Waals surface area contributed by atoms with Crippen LogP contribution in [0.15, 0.2) is 12.4 Å². The van der Waals surface area contributed by atoms with E-state index in [0.717, 1.165) is 38.1 Å². The summed E-state index contributed by atoms with van der Waals surface area (Å²) in [6.07, 6.45) is 8.24. The number of nitrogens with zero attached hydrogens (tertiary/aromatic N) is 3. The molecule has 1 aliphatic carbocycles. The third-order valence-corrected chi connectivity index (χ3v) is 4.86. The SMILES string of the molecule is CC(C)n1ccnc1CN1CCOCC(C2CCC2)C1. The van der Waals surface area contributed by atoms with Crippen molar-refractivity contribution in [3.63, 3.8) is 0 Å². The zero-order chi connectivity index (χ0) is 13.9. The maximum atomic E-state index is 5.82. The van der Waals surface area contributed by atoms with Crippen molar-refractivity contribution in [3.05, 3.63) is 18.2 Å². The molecule has 112 valence electrons. The summed E-state index contributed by atoms with van der Waals surface area (Å²) in [7, 11) is 0. The second-order valence-electron chi connectivity index (χ2n) is 6.61. The van der Waals surface area contributed by atoms with E-state index < -0.39 is 0 Å². The van der Waals surface area contributed by atoms with Gasteiger partial charge < -0.3 is 9.30 Å². The maximum absolute atomic E-state index is 5.82. The van der Waals surface area contributed by atoms with Crippen LogP contribution in [0.2, 0.25) is 0 Å². The molecule has 1 aromatic heterocycles. The molecular weight excluding hydrogens is 250 g/mol. The molecule has 1 atom stereocenters.